The van der Waals surface area contributed by atoms with E-state index in [0.29, 0.717) is 18.2 Å². The van der Waals surface area contributed by atoms with Gasteiger partial charge in [-0.1, -0.05) is 0 Å². The van der Waals surface area contributed by atoms with Gasteiger partial charge in [0, 0.05) is 15.3 Å². The van der Waals surface area contributed by atoms with Crippen molar-refractivity contribution in [3.8, 4) is 0 Å². The van der Waals surface area contributed by atoms with Gasteiger partial charge in [-0.3, -0.25) is 0 Å². The standard InChI is InChI=1S/C13H18INO/c1-9-7-13(8-10(2)16-9)15-12-5-3-11(14)4-6-12/h3-6,9-10,13,15H,7-8H2,1-2H3. The van der Waals surface area contributed by atoms with Crippen LogP contribution in [0.1, 0.15) is 26.7 Å². The molecule has 2 rings (SSSR count). The SMILES string of the molecule is CC1CC(Nc2ccc(I)cc2)CC(C)O1. The lowest BCUT2D eigenvalue weighted by Crippen LogP contribution is -2.36. The molecular weight excluding hydrogens is 313 g/mol. The van der Waals surface area contributed by atoms with Crippen molar-refractivity contribution in [1.29, 1.82) is 0 Å². The summed E-state index contributed by atoms with van der Waals surface area (Å²) in [5.41, 5.74) is 1.21. The fourth-order valence-corrected chi connectivity index (χ4v) is 2.66. The Morgan fingerprint density at radius 1 is 1.12 bits per heavy atom. The lowest BCUT2D eigenvalue weighted by Gasteiger charge is -2.33. The zero-order valence-electron chi connectivity index (χ0n) is 9.74. The first-order valence-corrected chi connectivity index (χ1v) is 6.89. The Bertz CT molecular complexity index is 328. The van der Waals surface area contributed by atoms with Gasteiger partial charge in [-0.05, 0) is 73.5 Å². The zero-order valence-corrected chi connectivity index (χ0v) is 11.9. The predicted molar refractivity (Wildman–Crippen MR) is 75.8 cm³/mol. The van der Waals surface area contributed by atoms with Crippen molar-refractivity contribution in [3.05, 3.63) is 27.8 Å². The van der Waals surface area contributed by atoms with Gasteiger partial charge < -0.3 is 10.1 Å². The van der Waals surface area contributed by atoms with Crippen molar-refractivity contribution in [1.82, 2.24) is 0 Å². The number of hydrogen-bond acceptors (Lipinski definition) is 2. The summed E-state index contributed by atoms with van der Waals surface area (Å²) in [7, 11) is 0. The summed E-state index contributed by atoms with van der Waals surface area (Å²) >= 11 is 2.33. The minimum absolute atomic E-state index is 0.366. The van der Waals surface area contributed by atoms with E-state index in [-0.39, 0.29) is 0 Å². The van der Waals surface area contributed by atoms with Crippen LogP contribution in [0.25, 0.3) is 0 Å². The zero-order chi connectivity index (χ0) is 11.5. The Labute approximate surface area is 111 Å². The number of anilines is 1. The molecular formula is C13H18INO. The molecule has 1 fully saturated rings. The van der Waals surface area contributed by atoms with E-state index < -0.39 is 0 Å². The molecule has 0 amide bonds. The van der Waals surface area contributed by atoms with Crippen LogP contribution in [-0.4, -0.2) is 18.2 Å². The molecule has 0 saturated carbocycles. The van der Waals surface area contributed by atoms with Crippen LogP contribution >= 0.6 is 22.6 Å². The van der Waals surface area contributed by atoms with Gasteiger partial charge >= 0.3 is 0 Å². The molecule has 2 atom stereocenters. The van der Waals surface area contributed by atoms with E-state index in [2.05, 4.69) is 66.0 Å². The third-order valence-electron chi connectivity index (χ3n) is 2.91. The number of rotatable bonds is 2. The van der Waals surface area contributed by atoms with Crippen LogP contribution in [0.5, 0.6) is 0 Å². The maximum Gasteiger partial charge on any atom is 0.0570 e. The first-order chi connectivity index (χ1) is 7.63. The quantitative estimate of drug-likeness (QED) is 0.835. The minimum Gasteiger partial charge on any atom is -0.382 e. The van der Waals surface area contributed by atoms with Crippen molar-refractivity contribution in [2.24, 2.45) is 0 Å². The van der Waals surface area contributed by atoms with Gasteiger partial charge in [-0.25, -0.2) is 0 Å². The molecule has 1 aliphatic rings. The van der Waals surface area contributed by atoms with Gasteiger partial charge in [-0.2, -0.15) is 0 Å². The van der Waals surface area contributed by atoms with E-state index in [1.165, 1.54) is 9.26 Å². The van der Waals surface area contributed by atoms with Gasteiger partial charge in [0.15, 0.2) is 0 Å². The molecule has 0 aliphatic carbocycles. The van der Waals surface area contributed by atoms with Crippen molar-refractivity contribution in [2.75, 3.05) is 5.32 Å². The Morgan fingerprint density at radius 3 is 2.25 bits per heavy atom. The van der Waals surface area contributed by atoms with E-state index in [1.807, 2.05) is 0 Å². The molecule has 3 heteroatoms. The molecule has 0 spiro atoms. The Hall–Kier alpha value is -0.290. The first kappa shape index (κ1) is 12.2. The highest BCUT2D eigenvalue weighted by atomic mass is 127. The average molecular weight is 331 g/mol. The van der Waals surface area contributed by atoms with E-state index >= 15 is 0 Å². The third-order valence-corrected chi connectivity index (χ3v) is 3.63. The second-order valence-corrected chi connectivity index (χ2v) is 5.82. The Balaban J connectivity index is 1.96. The summed E-state index contributed by atoms with van der Waals surface area (Å²) < 4.78 is 7.01. The maximum atomic E-state index is 5.73. The van der Waals surface area contributed by atoms with E-state index in [4.69, 9.17) is 4.74 Å². The normalized spacial score (nSPS) is 30.1. The average Bonchev–Trinajstić information content (AvgIpc) is 2.20. The molecule has 2 unspecified atom stereocenters. The molecule has 1 heterocycles. The minimum atomic E-state index is 0.366. The van der Waals surface area contributed by atoms with Gasteiger partial charge in [0.2, 0.25) is 0 Å². The first-order valence-electron chi connectivity index (χ1n) is 5.81. The highest BCUT2D eigenvalue weighted by molar-refractivity contribution is 14.1. The molecule has 1 aromatic carbocycles. The largest absolute Gasteiger partial charge is 0.382 e. The van der Waals surface area contributed by atoms with Crippen molar-refractivity contribution in [2.45, 2.75) is 44.9 Å². The fourth-order valence-electron chi connectivity index (χ4n) is 2.30. The smallest absolute Gasteiger partial charge is 0.0570 e. The third kappa shape index (κ3) is 3.35. The van der Waals surface area contributed by atoms with Gasteiger partial charge in [0.1, 0.15) is 0 Å². The molecule has 0 radical (unpaired) electrons. The summed E-state index contributed by atoms with van der Waals surface area (Å²) in [5.74, 6) is 0. The van der Waals surface area contributed by atoms with Crippen LogP contribution < -0.4 is 5.32 Å². The van der Waals surface area contributed by atoms with Crippen LogP contribution in [-0.2, 0) is 4.74 Å². The predicted octanol–water partition coefficient (Wildman–Crippen LogP) is 3.66. The fraction of sp³-hybridized carbons (Fsp3) is 0.538. The molecule has 2 nitrogen and oxygen atoms in total. The second kappa shape index (κ2) is 5.36. The van der Waals surface area contributed by atoms with Crippen molar-refractivity contribution < 1.29 is 4.74 Å². The number of benzene rings is 1. The van der Waals surface area contributed by atoms with E-state index in [1.54, 1.807) is 0 Å². The molecule has 16 heavy (non-hydrogen) atoms. The summed E-state index contributed by atoms with van der Waals surface area (Å²) in [5, 5.41) is 3.59. The summed E-state index contributed by atoms with van der Waals surface area (Å²) in [6.07, 6.45) is 2.92. The number of hydrogen-bond donors (Lipinski definition) is 1. The van der Waals surface area contributed by atoms with Crippen molar-refractivity contribution >= 4 is 28.3 Å². The number of halogens is 1. The van der Waals surface area contributed by atoms with Crippen LogP contribution in [0.3, 0.4) is 0 Å². The van der Waals surface area contributed by atoms with Crippen LogP contribution in [0, 0.1) is 3.57 Å². The lowest BCUT2D eigenvalue weighted by atomic mass is 9.99. The Morgan fingerprint density at radius 2 is 1.69 bits per heavy atom. The van der Waals surface area contributed by atoms with Crippen molar-refractivity contribution in [3.63, 3.8) is 0 Å². The summed E-state index contributed by atoms with van der Waals surface area (Å²) in [4.78, 5) is 0. The highest BCUT2D eigenvalue weighted by Gasteiger charge is 2.23. The highest BCUT2D eigenvalue weighted by Crippen LogP contribution is 2.22. The van der Waals surface area contributed by atoms with Gasteiger partial charge in [0.05, 0.1) is 12.2 Å². The molecule has 0 aromatic heterocycles. The molecule has 0 bridgehead atoms. The van der Waals surface area contributed by atoms with E-state index in [0.717, 1.165) is 12.8 Å². The van der Waals surface area contributed by atoms with Crippen LogP contribution in [0.2, 0.25) is 0 Å². The maximum absolute atomic E-state index is 5.73. The molecule has 1 N–H and O–H groups in total. The molecule has 1 saturated heterocycles. The monoisotopic (exact) mass is 331 g/mol. The molecule has 1 aliphatic heterocycles. The number of ether oxygens (including phenoxy) is 1. The topological polar surface area (TPSA) is 21.3 Å². The Kier molecular flexibility index (Phi) is 4.08. The van der Waals surface area contributed by atoms with E-state index in [9.17, 15) is 0 Å². The number of nitrogens with one attached hydrogen (secondary N) is 1. The molecule has 88 valence electrons. The van der Waals surface area contributed by atoms with Gasteiger partial charge in [-0.15, -0.1) is 0 Å². The summed E-state index contributed by atoms with van der Waals surface area (Å²) in [6.45, 7) is 4.30. The second-order valence-electron chi connectivity index (χ2n) is 4.58. The van der Waals surface area contributed by atoms with Gasteiger partial charge in [0.25, 0.3) is 0 Å². The molecule has 1 aromatic rings. The summed E-state index contributed by atoms with van der Waals surface area (Å²) in [6, 6.07) is 9.10. The van der Waals surface area contributed by atoms with Crippen LogP contribution in [0.15, 0.2) is 24.3 Å². The van der Waals surface area contributed by atoms with Crippen LogP contribution in [0.4, 0.5) is 5.69 Å². The lowest BCUT2D eigenvalue weighted by molar-refractivity contribution is -0.0337.